The van der Waals surface area contributed by atoms with Crippen LogP contribution in [0.5, 0.6) is 5.75 Å². The molecule has 0 radical (unpaired) electrons. The standard InChI is InChI=1S/C16H21NO4/c1-4-21-14-8-5-13(6-9-14)7-10-15(18)17(2)12-11-16(19)20-3/h5-10H,4,11-12H2,1-3H3. The van der Waals surface area contributed by atoms with Gasteiger partial charge in [0.25, 0.3) is 0 Å². The molecule has 0 saturated carbocycles. The fourth-order valence-corrected chi connectivity index (χ4v) is 1.61. The SMILES string of the molecule is CCOc1ccc(C=CC(=O)N(C)CCC(=O)OC)cc1. The van der Waals surface area contributed by atoms with Crippen LogP contribution in [0.3, 0.4) is 0 Å². The Balaban J connectivity index is 2.50. The van der Waals surface area contributed by atoms with E-state index in [4.69, 9.17) is 4.74 Å². The molecule has 0 saturated heterocycles. The fraction of sp³-hybridized carbons (Fsp3) is 0.375. The number of ether oxygens (including phenoxy) is 2. The van der Waals surface area contributed by atoms with Gasteiger partial charge in [0.1, 0.15) is 5.75 Å². The molecule has 1 aromatic carbocycles. The zero-order valence-electron chi connectivity index (χ0n) is 12.7. The van der Waals surface area contributed by atoms with Crippen LogP contribution in [-0.2, 0) is 14.3 Å². The van der Waals surface area contributed by atoms with E-state index in [0.717, 1.165) is 11.3 Å². The summed E-state index contributed by atoms with van der Waals surface area (Å²) < 4.78 is 9.88. The quantitative estimate of drug-likeness (QED) is 0.570. The van der Waals surface area contributed by atoms with E-state index in [1.54, 1.807) is 13.1 Å². The second-order valence-electron chi connectivity index (χ2n) is 4.42. The van der Waals surface area contributed by atoms with Gasteiger partial charge in [0, 0.05) is 19.7 Å². The van der Waals surface area contributed by atoms with Gasteiger partial charge in [-0.1, -0.05) is 12.1 Å². The molecular formula is C16H21NO4. The molecule has 1 rings (SSSR count). The number of carbonyl (C=O) groups excluding carboxylic acids is 2. The monoisotopic (exact) mass is 291 g/mol. The van der Waals surface area contributed by atoms with E-state index in [-0.39, 0.29) is 18.3 Å². The first-order valence-corrected chi connectivity index (χ1v) is 6.79. The Morgan fingerprint density at radius 1 is 1.24 bits per heavy atom. The van der Waals surface area contributed by atoms with Gasteiger partial charge < -0.3 is 14.4 Å². The molecule has 0 bridgehead atoms. The molecule has 1 amide bonds. The van der Waals surface area contributed by atoms with Crippen molar-refractivity contribution < 1.29 is 19.1 Å². The minimum atomic E-state index is -0.329. The highest BCUT2D eigenvalue weighted by molar-refractivity contribution is 5.91. The Hall–Kier alpha value is -2.30. The Labute approximate surface area is 125 Å². The first-order chi connectivity index (χ1) is 10.1. The van der Waals surface area contributed by atoms with Crippen LogP contribution in [0.25, 0.3) is 6.08 Å². The van der Waals surface area contributed by atoms with Gasteiger partial charge in [0.15, 0.2) is 0 Å². The van der Waals surface area contributed by atoms with Crippen LogP contribution in [0.2, 0.25) is 0 Å². The van der Waals surface area contributed by atoms with Crippen molar-refractivity contribution >= 4 is 18.0 Å². The van der Waals surface area contributed by atoms with Crippen molar-refractivity contribution in [2.45, 2.75) is 13.3 Å². The van der Waals surface area contributed by atoms with Crippen LogP contribution >= 0.6 is 0 Å². The number of hydrogen-bond donors (Lipinski definition) is 0. The summed E-state index contributed by atoms with van der Waals surface area (Å²) in [6.07, 6.45) is 3.40. The van der Waals surface area contributed by atoms with Crippen molar-refractivity contribution in [2.24, 2.45) is 0 Å². The van der Waals surface area contributed by atoms with Crippen LogP contribution in [0.1, 0.15) is 18.9 Å². The maximum Gasteiger partial charge on any atom is 0.307 e. The van der Waals surface area contributed by atoms with E-state index in [9.17, 15) is 9.59 Å². The maximum absolute atomic E-state index is 11.8. The van der Waals surface area contributed by atoms with Gasteiger partial charge >= 0.3 is 5.97 Å². The lowest BCUT2D eigenvalue weighted by atomic mass is 10.2. The molecule has 5 nitrogen and oxygen atoms in total. The molecule has 0 fully saturated rings. The summed E-state index contributed by atoms with van der Waals surface area (Å²) in [5.41, 5.74) is 0.910. The van der Waals surface area contributed by atoms with E-state index < -0.39 is 0 Å². The maximum atomic E-state index is 11.8. The van der Waals surface area contributed by atoms with Gasteiger partial charge in [-0.2, -0.15) is 0 Å². The van der Waals surface area contributed by atoms with Gasteiger partial charge in [0.2, 0.25) is 5.91 Å². The highest BCUT2D eigenvalue weighted by Crippen LogP contribution is 2.13. The number of methoxy groups -OCH3 is 1. The average Bonchev–Trinajstić information content (AvgIpc) is 2.51. The molecule has 0 unspecified atom stereocenters. The van der Waals surface area contributed by atoms with Gasteiger partial charge in [0.05, 0.1) is 20.1 Å². The van der Waals surface area contributed by atoms with Gasteiger partial charge in [-0.05, 0) is 30.7 Å². The largest absolute Gasteiger partial charge is 0.494 e. The number of esters is 1. The molecule has 1 aromatic rings. The van der Waals surface area contributed by atoms with Crippen molar-refractivity contribution in [2.75, 3.05) is 27.3 Å². The summed E-state index contributed by atoms with van der Waals surface area (Å²) in [6.45, 7) is 2.88. The summed E-state index contributed by atoms with van der Waals surface area (Å²) in [4.78, 5) is 24.3. The third-order valence-corrected chi connectivity index (χ3v) is 2.86. The van der Waals surface area contributed by atoms with Crippen LogP contribution in [-0.4, -0.2) is 44.1 Å². The number of likely N-dealkylation sites (N-methyl/N-ethyl adjacent to an activating group) is 1. The van der Waals surface area contributed by atoms with Crippen molar-refractivity contribution in [3.8, 4) is 5.75 Å². The molecule has 5 heteroatoms. The van der Waals surface area contributed by atoms with Crippen LogP contribution in [0.4, 0.5) is 0 Å². The summed E-state index contributed by atoms with van der Waals surface area (Å²) in [7, 11) is 2.98. The number of carbonyl (C=O) groups is 2. The Morgan fingerprint density at radius 3 is 2.48 bits per heavy atom. The van der Waals surface area contributed by atoms with E-state index in [1.807, 2.05) is 31.2 Å². The predicted octanol–water partition coefficient (Wildman–Crippen LogP) is 2.12. The fourth-order valence-electron chi connectivity index (χ4n) is 1.61. The van der Waals surface area contributed by atoms with Crippen molar-refractivity contribution in [1.82, 2.24) is 4.90 Å². The van der Waals surface area contributed by atoms with E-state index in [1.165, 1.54) is 18.1 Å². The lowest BCUT2D eigenvalue weighted by Crippen LogP contribution is -2.27. The van der Waals surface area contributed by atoms with Crippen molar-refractivity contribution in [3.05, 3.63) is 35.9 Å². The molecule has 0 spiro atoms. The molecular weight excluding hydrogens is 270 g/mol. The van der Waals surface area contributed by atoms with Crippen molar-refractivity contribution in [3.63, 3.8) is 0 Å². The normalized spacial score (nSPS) is 10.4. The molecule has 0 aromatic heterocycles. The first-order valence-electron chi connectivity index (χ1n) is 6.79. The molecule has 0 aliphatic heterocycles. The zero-order valence-corrected chi connectivity index (χ0v) is 12.7. The molecule has 0 aliphatic carbocycles. The Kier molecular flexibility index (Phi) is 7.01. The third-order valence-electron chi connectivity index (χ3n) is 2.86. The first kappa shape index (κ1) is 16.8. The van der Waals surface area contributed by atoms with Gasteiger partial charge in [-0.3, -0.25) is 9.59 Å². The molecule has 21 heavy (non-hydrogen) atoms. The number of benzene rings is 1. The van der Waals surface area contributed by atoms with Gasteiger partial charge in [-0.25, -0.2) is 0 Å². The smallest absolute Gasteiger partial charge is 0.307 e. The highest BCUT2D eigenvalue weighted by Gasteiger charge is 2.07. The molecule has 114 valence electrons. The minimum absolute atomic E-state index is 0.159. The van der Waals surface area contributed by atoms with Crippen LogP contribution in [0.15, 0.2) is 30.3 Å². The van der Waals surface area contributed by atoms with Crippen molar-refractivity contribution in [1.29, 1.82) is 0 Å². The number of amides is 1. The average molecular weight is 291 g/mol. The summed E-state index contributed by atoms with van der Waals surface area (Å²) in [6, 6.07) is 7.47. The van der Waals surface area contributed by atoms with E-state index in [2.05, 4.69) is 4.74 Å². The van der Waals surface area contributed by atoms with Crippen LogP contribution < -0.4 is 4.74 Å². The Morgan fingerprint density at radius 2 is 1.90 bits per heavy atom. The molecule has 0 atom stereocenters. The van der Waals surface area contributed by atoms with Crippen LogP contribution in [0, 0.1) is 0 Å². The van der Waals surface area contributed by atoms with E-state index in [0.29, 0.717) is 13.2 Å². The summed E-state index contributed by atoms with van der Waals surface area (Å²) in [5.74, 6) is 0.314. The zero-order chi connectivity index (χ0) is 15.7. The molecule has 0 heterocycles. The Bertz CT molecular complexity index is 494. The topological polar surface area (TPSA) is 55.8 Å². The lowest BCUT2D eigenvalue weighted by molar-refractivity contribution is -0.141. The number of rotatable bonds is 7. The second-order valence-corrected chi connectivity index (χ2v) is 4.42. The highest BCUT2D eigenvalue weighted by atomic mass is 16.5. The third kappa shape index (κ3) is 6.12. The lowest BCUT2D eigenvalue weighted by Gasteiger charge is -2.13. The second kappa shape index (κ2) is 8.79. The van der Waals surface area contributed by atoms with Gasteiger partial charge in [-0.15, -0.1) is 0 Å². The molecule has 0 aliphatic rings. The summed E-state index contributed by atoms with van der Waals surface area (Å²) in [5, 5.41) is 0. The predicted molar refractivity (Wildman–Crippen MR) is 80.9 cm³/mol. The number of hydrogen-bond acceptors (Lipinski definition) is 4. The minimum Gasteiger partial charge on any atom is -0.494 e. The summed E-state index contributed by atoms with van der Waals surface area (Å²) >= 11 is 0. The molecule has 0 N–H and O–H groups in total. The number of nitrogens with zero attached hydrogens (tertiary/aromatic N) is 1. The van der Waals surface area contributed by atoms with E-state index >= 15 is 0 Å².